The van der Waals surface area contributed by atoms with Gasteiger partial charge in [-0.1, -0.05) is 0 Å². The molecule has 0 radical (unpaired) electrons. The molecule has 0 heterocycles. The summed E-state index contributed by atoms with van der Waals surface area (Å²) in [6.45, 7) is 0. The summed E-state index contributed by atoms with van der Waals surface area (Å²) < 4.78 is 52.7. The van der Waals surface area contributed by atoms with Gasteiger partial charge in [0.05, 0.1) is 11.8 Å². The van der Waals surface area contributed by atoms with Crippen LogP contribution in [0.1, 0.15) is 0 Å². The molecule has 9 heteroatoms. The van der Waals surface area contributed by atoms with E-state index in [-0.39, 0.29) is 0 Å². The lowest BCUT2D eigenvalue weighted by Gasteiger charge is -2.14. The van der Waals surface area contributed by atoms with Crippen LogP contribution in [0.4, 0.5) is 17.6 Å². The molecule has 0 aliphatic heterocycles. The van der Waals surface area contributed by atoms with E-state index in [0.717, 1.165) is 0 Å². The average molecular weight is 271 g/mol. The highest BCUT2D eigenvalue weighted by Gasteiger charge is 2.47. The van der Waals surface area contributed by atoms with E-state index in [0.29, 0.717) is 0 Å². The molecular formula is C6H4Cl2F4O3. The van der Waals surface area contributed by atoms with Crippen molar-refractivity contribution in [2.45, 2.75) is 11.8 Å². The van der Waals surface area contributed by atoms with Crippen molar-refractivity contribution >= 4 is 35.1 Å². The Labute approximate surface area is 91.3 Å². The fourth-order valence-corrected chi connectivity index (χ4v) is 0.561. The second-order valence-electron chi connectivity index (χ2n) is 2.35. The molecule has 0 unspecified atom stereocenters. The monoisotopic (exact) mass is 270 g/mol. The number of hydrogen-bond donors (Lipinski definition) is 0. The van der Waals surface area contributed by atoms with Gasteiger partial charge in [-0.15, -0.1) is 23.2 Å². The third-order valence-electron chi connectivity index (χ3n) is 1.12. The van der Waals surface area contributed by atoms with Gasteiger partial charge in [-0.25, -0.2) is 9.59 Å². The molecule has 3 nitrogen and oxygen atoms in total. The highest BCUT2D eigenvalue weighted by molar-refractivity contribution is 6.21. The first-order valence-corrected chi connectivity index (χ1v) is 4.38. The van der Waals surface area contributed by atoms with E-state index < -0.39 is 35.5 Å². The van der Waals surface area contributed by atoms with Gasteiger partial charge >= 0.3 is 23.8 Å². The van der Waals surface area contributed by atoms with E-state index >= 15 is 0 Å². The smallest absolute Gasteiger partial charge is 0.384 e. The summed E-state index contributed by atoms with van der Waals surface area (Å²) in [6, 6.07) is 0. The SMILES string of the molecule is O=C(OC(=O)C(F)(F)CCl)C(F)(F)CCl. The number of ether oxygens (including phenoxy) is 1. The topological polar surface area (TPSA) is 43.4 Å². The van der Waals surface area contributed by atoms with Crippen molar-refractivity contribution in [1.29, 1.82) is 0 Å². The van der Waals surface area contributed by atoms with Gasteiger partial charge < -0.3 is 4.74 Å². The first-order valence-electron chi connectivity index (χ1n) is 3.31. The minimum absolute atomic E-state index is 1.48. The lowest BCUT2D eigenvalue weighted by Crippen LogP contribution is -2.40. The first-order chi connectivity index (χ1) is 6.67. The molecule has 15 heavy (non-hydrogen) atoms. The summed E-state index contributed by atoms with van der Waals surface area (Å²) in [7, 11) is 0. The van der Waals surface area contributed by atoms with Crippen molar-refractivity contribution in [1.82, 2.24) is 0 Å². The van der Waals surface area contributed by atoms with Gasteiger partial charge in [-0.05, 0) is 0 Å². The Kier molecular flexibility index (Phi) is 4.79. The van der Waals surface area contributed by atoms with Crippen LogP contribution in [-0.4, -0.2) is 35.5 Å². The molecule has 0 rings (SSSR count). The minimum Gasteiger partial charge on any atom is -0.384 e. The predicted octanol–water partition coefficient (Wildman–Crippen LogP) is 1.80. The van der Waals surface area contributed by atoms with E-state index in [4.69, 9.17) is 0 Å². The van der Waals surface area contributed by atoms with Gasteiger partial charge in [0.1, 0.15) is 0 Å². The first kappa shape index (κ1) is 14.4. The van der Waals surface area contributed by atoms with Gasteiger partial charge in [0, 0.05) is 0 Å². The van der Waals surface area contributed by atoms with Crippen LogP contribution < -0.4 is 0 Å². The van der Waals surface area contributed by atoms with Crippen molar-refractivity contribution < 1.29 is 31.9 Å². The van der Waals surface area contributed by atoms with Gasteiger partial charge in [0.25, 0.3) is 0 Å². The molecule has 0 saturated heterocycles. The summed E-state index contributed by atoms with van der Waals surface area (Å²) >= 11 is 9.29. The van der Waals surface area contributed by atoms with Crippen LogP contribution in [0, 0.1) is 0 Å². The predicted molar refractivity (Wildman–Crippen MR) is 42.4 cm³/mol. The maximum Gasteiger partial charge on any atom is 0.386 e. The van der Waals surface area contributed by atoms with Crippen LogP contribution in [0.25, 0.3) is 0 Å². The summed E-state index contributed by atoms with van der Waals surface area (Å²) in [6.07, 6.45) is 0. The Bertz CT molecular complexity index is 243. The molecule has 0 atom stereocenters. The Hall–Kier alpha value is -0.560. The lowest BCUT2D eigenvalue weighted by molar-refractivity contribution is -0.188. The number of alkyl halides is 6. The van der Waals surface area contributed by atoms with Crippen LogP contribution >= 0.6 is 23.2 Å². The Morgan fingerprint density at radius 2 is 1.20 bits per heavy atom. The number of rotatable bonds is 4. The molecule has 0 spiro atoms. The quantitative estimate of drug-likeness (QED) is 0.339. The van der Waals surface area contributed by atoms with E-state index in [1.54, 1.807) is 0 Å². The molecule has 0 fully saturated rings. The van der Waals surface area contributed by atoms with Crippen LogP contribution in [0.3, 0.4) is 0 Å². The lowest BCUT2D eigenvalue weighted by atomic mass is 10.3. The molecule has 0 N–H and O–H groups in total. The molecule has 0 aliphatic carbocycles. The number of carbonyl (C=O) groups excluding carboxylic acids is 2. The maximum absolute atomic E-state index is 12.4. The third-order valence-corrected chi connectivity index (χ3v) is 1.79. The van der Waals surface area contributed by atoms with Gasteiger partial charge in [-0.2, -0.15) is 17.6 Å². The van der Waals surface area contributed by atoms with E-state index in [9.17, 15) is 27.2 Å². The number of hydrogen-bond acceptors (Lipinski definition) is 3. The zero-order chi connectivity index (χ0) is 12.3. The fourth-order valence-electron chi connectivity index (χ4n) is 0.343. The zero-order valence-corrected chi connectivity index (χ0v) is 8.42. The van der Waals surface area contributed by atoms with E-state index in [2.05, 4.69) is 27.9 Å². The number of halogens is 6. The Morgan fingerprint density at radius 3 is 1.40 bits per heavy atom. The van der Waals surface area contributed by atoms with Gasteiger partial charge in [0.2, 0.25) is 0 Å². The maximum atomic E-state index is 12.4. The fraction of sp³-hybridized carbons (Fsp3) is 0.667. The minimum atomic E-state index is -4.19. The molecule has 88 valence electrons. The van der Waals surface area contributed by atoms with Crippen molar-refractivity contribution in [3.8, 4) is 0 Å². The molecular weight excluding hydrogens is 267 g/mol. The largest absolute Gasteiger partial charge is 0.386 e. The van der Waals surface area contributed by atoms with Crippen molar-refractivity contribution in [2.75, 3.05) is 11.8 Å². The molecule has 0 saturated carbocycles. The van der Waals surface area contributed by atoms with E-state index in [1.807, 2.05) is 0 Å². The van der Waals surface area contributed by atoms with Gasteiger partial charge in [0.15, 0.2) is 0 Å². The van der Waals surface area contributed by atoms with Crippen LogP contribution in [-0.2, 0) is 14.3 Å². The summed E-state index contributed by atoms with van der Waals surface area (Å²) in [5.41, 5.74) is 0. The van der Waals surface area contributed by atoms with Crippen molar-refractivity contribution in [3.05, 3.63) is 0 Å². The normalized spacial score (nSPS) is 12.4. The highest BCUT2D eigenvalue weighted by atomic mass is 35.5. The summed E-state index contributed by atoms with van der Waals surface area (Å²) in [5, 5.41) is 0. The standard InChI is InChI=1S/C6H4Cl2F4O3/c7-1-5(9,10)3(13)15-4(14)6(11,12)2-8/h1-2H2. The van der Waals surface area contributed by atoms with Gasteiger partial charge in [-0.3, -0.25) is 0 Å². The second-order valence-corrected chi connectivity index (χ2v) is 2.89. The number of carbonyl (C=O) groups is 2. The van der Waals surface area contributed by atoms with Crippen LogP contribution in [0.5, 0.6) is 0 Å². The molecule has 0 aliphatic rings. The Morgan fingerprint density at radius 1 is 0.933 bits per heavy atom. The average Bonchev–Trinajstić information content (AvgIpc) is 2.17. The molecule has 0 bridgehead atoms. The summed E-state index contributed by atoms with van der Waals surface area (Å²) in [5.74, 6) is -16.2. The number of esters is 2. The van der Waals surface area contributed by atoms with Crippen LogP contribution in [0.2, 0.25) is 0 Å². The zero-order valence-electron chi connectivity index (χ0n) is 6.91. The van der Waals surface area contributed by atoms with E-state index in [1.165, 1.54) is 0 Å². The highest BCUT2D eigenvalue weighted by Crippen LogP contribution is 2.22. The van der Waals surface area contributed by atoms with Crippen LogP contribution in [0.15, 0.2) is 0 Å². The molecule has 0 amide bonds. The Balaban J connectivity index is 4.51. The molecule has 0 aromatic carbocycles. The third kappa shape index (κ3) is 3.83. The summed E-state index contributed by atoms with van der Waals surface area (Å²) in [4.78, 5) is 20.8. The second kappa shape index (κ2) is 4.98. The van der Waals surface area contributed by atoms with Crippen molar-refractivity contribution in [3.63, 3.8) is 0 Å². The molecule has 0 aromatic heterocycles. The molecule has 0 aromatic rings. The van der Waals surface area contributed by atoms with Crippen molar-refractivity contribution in [2.24, 2.45) is 0 Å².